The van der Waals surface area contributed by atoms with Crippen molar-refractivity contribution in [1.29, 1.82) is 0 Å². The third-order valence-corrected chi connectivity index (χ3v) is 2.68. The second-order valence-electron chi connectivity index (χ2n) is 4.09. The Bertz CT molecular complexity index is 253. The number of amides is 1. The third-order valence-electron chi connectivity index (χ3n) is 2.68. The smallest absolute Gasteiger partial charge is 0.323 e. The van der Waals surface area contributed by atoms with E-state index in [9.17, 15) is 9.59 Å². The van der Waals surface area contributed by atoms with E-state index in [0.717, 1.165) is 13.1 Å². The van der Waals surface area contributed by atoms with Crippen LogP contribution < -0.4 is 0 Å². The molecule has 0 unspecified atom stereocenters. The zero-order valence-electron chi connectivity index (χ0n) is 9.27. The van der Waals surface area contributed by atoms with Gasteiger partial charge in [0.05, 0.1) is 0 Å². The summed E-state index contributed by atoms with van der Waals surface area (Å²) in [6.45, 7) is 5.99. The second-order valence-corrected chi connectivity index (χ2v) is 4.09. The molecule has 1 aliphatic heterocycles. The van der Waals surface area contributed by atoms with Gasteiger partial charge in [0.1, 0.15) is 6.54 Å². The van der Waals surface area contributed by atoms with Gasteiger partial charge in [-0.3, -0.25) is 14.5 Å². The van der Waals surface area contributed by atoms with Crippen LogP contribution >= 0.6 is 0 Å². The lowest BCUT2D eigenvalue weighted by molar-refractivity contribution is -0.144. The molecule has 0 atom stereocenters. The monoisotopic (exact) mass is 214 g/mol. The Morgan fingerprint density at radius 3 is 2.60 bits per heavy atom. The number of hydrogen-bond donors (Lipinski definition) is 1. The van der Waals surface area contributed by atoms with Gasteiger partial charge in [-0.05, 0) is 13.8 Å². The summed E-state index contributed by atoms with van der Waals surface area (Å²) in [5, 5.41) is 8.64. The number of carboxylic acids is 1. The van der Waals surface area contributed by atoms with Gasteiger partial charge in [-0.15, -0.1) is 0 Å². The van der Waals surface area contributed by atoms with Crippen LogP contribution in [0.5, 0.6) is 0 Å². The largest absolute Gasteiger partial charge is 0.480 e. The van der Waals surface area contributed by atoms with Crippen molar-refractivity contribution < 1.29 is 14.7 Å². The average molecular weight is 214 g/mol. The van der Waals surface area contributed by atoms with Crippen LogP contribution in [0.25, 0.3) is 0 Å². The fourth-order valence-electron chi connectivity index (χ4n) is 1.73. The van der Waals surface area contributed by atoms with E-state index in [1.807, 2.05) is 0 Å². The Morgan fingerprint density at radius 1 is 1.40 bits per heavy atom. The molecule has 86 valence electrons. The first kappa shape index (κ1) is 12.0. The zero-order chi connectivity index (χ0) is 11.4. The lowest BCUT2D eigenvalue weighted by Gasteiger charge is -2.24. The molecule has 1 heterocycles. The second kappa shape index (κ2) is 5.11. The Hall–Kier alpha value is -1.10. The standard InChI is InChI=1S/C10H18N2O3/c1-8(2)11-4-3-9(13)12(6-5-11)7-10(14)15/h8H,3-7H2,1-2H3,(H,14,15). The number of rotatable bonds is 3. The Morgan fingerprint density at radius 2 is 2.07 bits per heavy atom. The summed E-state index contributed by atoms with van der Waals surface area (Å²) in [5.74, 6) is -0.998. The van der Waals surface area contributed by atoms with Crippen LogP contribution in [0.15, 0.2) is 0 Å². The van der Waals surface area contributed by atoms with Crippen molar-refractivity contribution in [2.75, 3.05) is 26.2 Å². The summed E-state index contributed by atoms with van der Waals surface area (Å²) in [5.41, 5.74) is 0. The van der Waals surface area contributed by atoms with Gasteiger partial charge in [-0.1, -0.05) is 0 Å². The van der Waals surface area contributed by atoms with E-state index < -0.39 is 5.97 Å². The van der Waals surface area contributed by atoms with E-state index in [2.05, 4.69) is 18.7 Å². The topological polar surface area (TPSA) is 60.9 Å². The Kier molecular flexibility index (Phi) is 4.08. The van der Waals surface area contributed by atoms with Crippen molar-refractivity contribution in [2.45, 2.75) is 26.3 Å². The van der Waals surface area contributed by atoms with Crippen LogP contribution in [0, 0.1) is 0 Å². The molecule has 1 rings (SSSR count). The Balaban J connectivity index is 2.55. The first-order valence-electron chi connectivity index (χ1n) is 5.24. The highest BCUT2D eigenvalue weighted by Crippen LogP contribution is 2.07. The number of carboxylic acid groups (broad SMARTS) is 1. The highest BCUT2D eigenvalue weighted by atomic mass is 16.4. The van der Waals surface area contributed by atoms with Crippen molar-refractivity contribution in [3.8, 4) is 0 Å². The fraction of sp³-hybridized carbons (Fsp3) is 0.800. The van der Waals surface area contributed by atoms with Gasteiger partial charge in [0.25, 0.3) is 0 Å². The molecular weight excluding hydrogens is 196 g/mol. The molecule has 0 aromatic rings. The summed E-state index contributed by atoms with van der Waals surface area (Å²) in [6.07, 6.45) is 0.422. The molecule has 1 amide bonds. The lowest BCUT2D eigenvalue weighted by Crippen LogP contribution is -2.38. The maximum Gasteiger partial charge on any atom is 0.323 e. The van der Waals surface area contributed by atoms with E-state index in [1.165, 1.54) is 4.90 Å². The molecule has 0 spiro atoms. The zero-order valence-corrected chi connectivity index (χ0v) is 9.27. The van der Waals surface area contributed by atoms with E-state index in [-0.39, 0.29) is 12.5 Å². The number of hydrogen-bond acceptors (Lipinski definition) is 3. The SMILES string of the molecule is CC(C)N1CCC(=O)N(CC(=O)O)CC1. The highest BCUT2D eigenvalue weighted by molar-refractivity contribution is 5.81. The van der Waals surface area contributed by atoms with Gasteiger partial charge in [0, 0.05) is 32.1 Å². The maximum atomic E-state index is 11.6. The summed E-state index contributed by atoms with van der Waals surface area (Å²) >= 11 is 0. The highest BCUT2D eigenvalue weighted by Gasteiger charge is 2.23. The minimum Gasteiger partial charge on any atom is -0.480 e. The molecule has 1 aliphatic rings. The summed E-state index contributed by atoms with van der Waals surface area (Å²) in [6, 6.07) is 0.405. The van der Waals surface area contributed by atoms with E-state index in [4.69, 9.17) is 5.11 Å². The van der Waals surface area contributed by atoms with Crippen molar-refractivity contribution in [3.63, 3.8) is 0 Å². The normalized spacial score (nSPS) is 19.4. The molecule has 0 aromatic heterocycles. The van der Waals surface area contributed by atoms with Gasteiger partial charge in [-0.2, -0.15) is 0 Å². The van der Waals surface area contributed by atoms with Crippen molar-refractivity contribution in [2.24, 2.45) is 0 Å². The van der Waals surface area contributed by atoms with Crippen LogP contribution in [-0.2, 0) is 9.59 Å². The molecule has 5 nitrogen and oxygen atoms in total. The van der Waals surface area contributed by atoms with Gasteiger partial charge in [-0.25, -0.2) is 0 Å². The molecule has 0 aromatic carbocycles. The lowest BCUT2D eigenvalue weighted by atomic mass is 10.3. The van der Waals surface area contributed by atoms with Crippen LogP contribution in [0.2, 0.25) is 0 Å². The maximum absolute atomic E-state index is 11.6. The van der Waals surface area contributed by atoms with Crippen LogP contribution in [0.4, 0.5) is 0 Å². The molecule has 0 aliphatic carbocycles. The molecule has 1 N–H and O–H groups in total. The number of aliphatic carboxylic acids is 1. The first-order chi connectivity index (χ1) is 7.00. The van der Waals surface area contributed by atoms with Gasteiger partial charge >= 0.3 is 5.97 Å². The van der Waals surface area contributed by atoms with Crippen LogP contribution in [0.3, 0.4) is 0 Å². The minimum absolute atomic E-state index is 0.0550. The van der Waals surface area contributed by atoms with Crippen LogP contribution in [0.1, 0.15) is 20.3 Å². The number of carbonyl (C=O) groups excluding carboxylic acids is 1. The molecule has 0 bridgehead atoms. The van der Waals surface area contributed by atoms with E-state index in [1.54, 1.807) is 0 Å². The summed E-state index contributed by atoms with van der Waals surface area (Å²) < 4.78 is 0. The predicted molar refractivity (Wildman–Crippen MR) is 55.5 cm³/mol. The molecule has 1 saturated heterocycles. The van der Waals surface area contributed by atoms with Crippen LogP contribution in [-0.4, -0.2) is 59.0 Å². The first-order valence-corrected chi connectivity index (χ1v) is 5.24. The van der Waals surface area contributed by atoms with Crippen molar-refractivity contribution in [1.82, 2.24) is 9.80 Å². The van der Waals surface area contributed by atoms with E-state index >= 15 is 0 Å². The average Bonchev–Trinajstić information content (AvgIpc) is 2.29. The summed E-state index contributed by atoms with van der Waals surface area (Å²) in [4.78, 5) is 25.7. The fourth-order valence-corrected chi connectivity index (χ4v) is 1.73. The van der Waals surface area contributed by atoms with Gasteiger partial charge < -0.3 is 10.0 Å². The molecule has 0 saturated carbocycles. The number of nitrogens with zero attached hydrogens (tertiary/aromatic N) is 2. The van der Waals surface area contributed by atoms with Crippen molar-refractivity contribution in [3.05, 3.63) is 0 Å². The number of carbonyl (C=O) groups is 2. The summed E-state index contributed by atoms with van der Waals surface area (Å²) in [7, 11) is 0. The molecule has 15 heavy (non-hydrogen) atoms. The van der Waals surface area contributed by atoms with E-state index in [0.29, 0.717) is 19.0 Å². The van der Waals surface area contributed by atoms with Crippen molar-refractivity contribution >= 4 is 11.9 Å². The molecule has 5 heteroatoms. The minimum atomic E-state index is -0.943. The third kappa shape index (κ3) is 3.51. The van der Waals surface area contributed by atoms with Gasteiger partial charge in [0.2, 0.25) is 5.91 Å². The molecule has 1 fully saturated rings. The molecule has 0 radical (unpaired) electrons. The van der Waals surface area contributed by atoms with Gasteiger partial charge in [0.15, 0.2) is 0 Å². The Labute approximate surface area is 89.7 Å². The predicted octanol–water partition coefficient (Wildman–Crippen LogP) is 0.0137. The quantitative estimate of drug-likeness (QED) is 0.719. The molecular formula is C10H18N2O3.